The predicted molar refractivity (Wildman–Crippen MR) is 108 cm³/mol. The van der Waals surface area contributed by atoms with Crippen molar-refractivity contribution in [1.82, 2.24) is 0 Å². The lowest BCUT2D eigenvalue weighted by Crippen LogP contribution is -2.31. The Morgan fingerprint density at radius 3 is 2.71 bits per heavy atom. The van der Waals surface area contributed by atoms with Crippen molar-refractivity contribution in [2.45, 2.75) is 6.92 Å². The fourth-order valence-corrected chi connectivity index (χ4v) is 3.56. The molecule has 2 aromatic rings. The standard InChI is InChI=1S/C20H17N3O4S/c1-12-2-5-14(6-3-12)23-19(25)15(22-20(23)28-10-18(21)24)8-13-4-7-16-17(9-13)27-11-26-16/h2-9H,10-11H2,1H3,(H2,21,24). The SMILES string of the molecule is Cc1ccc(N2C(=O)C(=Cc3ccc4c(c3)OCO4)N=C2SCC(N)=O)cc1. The summed E-state index contributed by atoms with van der Waals surface area (Å²) < 4.78 is 10.7. The number of benzene rings is 2. The highest BCUT2D eigenvalue weighted by atomic mass is 32.2. The number of nitrogens with zero attached hydrogens (tertiary/aromatic N) is 2. The molecule has 8 heteroatoms. The first kappa shape index (κ1) is 18.1. The molecule has 142 valence electrons. The average Bonchev–Trinajstić information content (AvgIpc) is 3.25. The molecule has 2 aromatic carbocycles. The molecule has 28 heavy (non-hydrogen) atoms. The van der Waals surface area contributed by atoms with Crippen molar-refractivity contribution < 1.29 is 19.1 Å². The normalized spacial score (nSPS) is 16.6. The Morgan fingerprint density at radius 2 is 1.96 bits per heavy atom. The lowest BCUT2D eigenvalue weighted by Gasteiger charge is -2.17. The number of amidine groups is 1. The smallest absolute Gasteiger partial charge is 0.283 e. The molecule has 0 saturated heterocycles. The molecule has 0 aromatic heterocycles. The van der Waals surface area contributed by atoms with Crippen LogP contribution in [0.25, 0.3) is 6.08 Å². The summed E-state index contributed by atoms with van der Waals surface area (Å²) in [6.07, 6.45) is 1.68. The van der Waals surface area contributed by atoms with Crippen LogP contribution in [0.1, 0.15) is 11.1 Å². The molecule has 0 spiro atoms. The Labute approximate surface area is 165 Å². The number of anilines is 1. The molecule has 2 aliphatic heterocycles. The number of rotatable bonds is 4. The monoisotopic (exact) mass is 395 g/mol. The second-order valence-corrected chi connectivity index (χ2v) is 7.21. The van der Waals surface area contributed by atoms with Crippen LogP contribution in [-0.2, 0) is 9.59 Å². The van der Waals surface area contributed by atoms with Crippen LogP contribution in [0.15, 0.2) is 53.2 Å². The van der Waals surface area contributed by atoms with Crippen LogP contribution < -0.4 is 20.1 Å². The van der Waals surface area contributed by atoms with E-state index in [1.807, 2.05) is 37.3 Å². The third kappa shape index (κ3) is 3.59. The Bertz CT molecular complexity index is 1010. The van der Waals surface area contributed by atoms with Crippen LogP contribution in [-0.4, -0.2) is 29.5 Å². The highest BCUT2D eigenvalue weighted by Gasteiger charge is 2.32. The van der Waals surface area contributed by atoms with E-state index >= 15 is 0 Å². The molecule has 0 atom stereocenters. The topological polar surface area (TPSA) is 94.2 Å². The first-order chi connectivity index (χ1) is 13.5. The molecule has 0 radical (unpaired) electrons. The Kier molecular flexibility index (Phi) is 4.79. The van der Waals surface area contributed by atoms with Crippen molar-refractivity contribution >= 4 is 40.5 Å². The van der Waals surface area contributed by atoms with Crippen LogP contribution in [0.4, 0.5) is 5.69 Å². The van der Waals surface area contributed by atoms with Gasteiger partial charge < -0.3 is 15.2 Å². The van der Waals surface area contributed by atoms with E-state index in [0.717, 1.165) is 22.9 Å². The van der Waals surface area contributed by atoms with Crippen LogP contribution >= 0.6 is 11.8 Å². The molecule has 0 unspecified atom stereocenters. The minimum Gasteiger partial charge on any atom is -0.454 e. The van der Waals surface area contributed by atoms with Gasteiger partial charge in [-0.2, -0.15) is 0 Å². The number of aliphatic imine (C=N–C) groups is 1. The maximum absolute atomic E-state index is 13.0. The zero-order valence-electron chi connectivity index (χ0n) is 15.0. The van der Waals surface area contributed by atoms with Crippen molar-refractivity contribution in [3.05, 3.63) is 59.3 Å². The number of hydrogen-bond acceptors (Lipinski definition) is 6. The van der Waals surface area contributed by atoms with Gasteiger partial charge in [0.15, 0.2) is 16.7 Å². The zero-order valence-corrected chi connectivity index (χ0v) is 15.9. The molecule has 4 rings (SSSR count). The Hall–Kier alpha value is -3.26. The van der Waals surface area contributed by atoms with E-state index < -0.39 is 5.91 Å². The summed E-state index contributed by atoms with van der Waals surface area (Å²) in [5, 5.41) is 0.416. The molecule has 7 nitrogen and oxygen atoms in total. The summed E-state index contributed by atoms with van der Waals surface area (Å²) in [7, 11) is 0. The molecular weight excluding hydrogens is 378 g/mol. The minimum atomic E-state index is -0.475. The number of primary amides is 1. The molecule has 2 amide bonds. The second-order valence-electron chi connectivity index (χ2n) is 6.27. The quantitative estimate of drug-likeness (QED) is 0.804. The number of thioether (sulfide) groups is 1. The van der Waals surface area contributed by atoms with Gasteiger partial charge in [-0.15, -0.1) is 0 Å². The van der Waals surface area contributed by atoms with E-state index in [2.05, 4.69) is 4.99 Å². The number of amides is 2. The number of aryl methyl sites for hydroxylation is 1. The van der Waals surface area contributed by atoms with Crippen molar-refractivity contribution in [2.24, 2.45) is 10.7 Å². The summed E-state index contributed by atoms with van der Waals surface area (Å²) >= 11 is 1.13. The molecular formula is C20H17N3O4S. The molecule has 0 saturated carbocycles. The fraction of sp³-hybridized carbons (Fsp3) is 0.150. The van der Waals surface area contributed by atoms with Crippen molar-refractivity contribution in [3.8, 4) is 11.5 Å². The first-order valence-electron chi connectivity index (χ1n) is 8.53. The molecule has 0 aliphatic carbocycles. The van der Waals surface area contributed by atoms with Gasteiger partial charge in [-0.1, -0.05) is 35.5 Å². The lowest BCUT2D eigenvalue weighted by molar-refractivity contribution is -0.115. The van der Waals surface area contributed by atoms with Gasteiger partial charge in [0, 0.05) is 0 Å². The second kappa shape index (κ2) is 7.40. The molecule has 0 bridgehead atoms. The largest absolute Gasteiger partial charge is 0.454 e. The van der Waals surface area contributed by atoms with Gasteiger partial charge in [-0.25, -0.2) is 4.99 Å². The van der Waals surface area contributed by atoms with Crippen LogP contribution in [0.5, 0.6) is 11.5 Å². The van der Waals surface area contributed by atoms with Gasteiger partial charge in [0.2, 0.25) is 12.7 Å². The molecule has 2 aliphatic rings. The van der Waals surface area contributed by atoms with Gasteiger partial charge in [0.05, 0.1) is 11.4 Å². The summed E-state index contributed by atoms with van der Waals surface area (Å²) in [4.78, 5) is 30.2. The number of nitrogens with two attached hydrogens (primary N) is 1. The van der Waals surface area contributed by atoms with E-state index in [-0.39, 0.29) is 24.2 Å². The Morgan fingerprint density at radius 1 is 1.21 bits per heavy atom. The van der Waals surface area contributed by atoms with Crippen molar-refractivity contribution in [1.29, 1.82) is 0 Å². The summed E-state index contributed by atoms with van der Waals surface area (Å²) in [5.41, 5.74) is 8.06. The van der Waals surface area contributed by atoms with E-state index in [4.69, 9.17) is 15.2 Å². The molecule has 0 fully saturated rings. The van der Waals surface area contributed by atoms with Gasteiger partial charge in [-0.05, 0) is 42.8 Å². The fourth-order valence-electron chi connectivity index (χ4n) is 2.81. The van der Waals surface area contributed by atoms with Crippen LogP contribution in [0.3, 0.4) is 0 Å². The van der Waals surface area contributed by atoms with Crippen molar-refractivity contribution in [2.75, 3.05) is 17.4 Å². The zero-order chi connectivity index (χ0) is 19.7. The van der Waals surface area contributed by atoms with E-state index in [1.54, 1.807) is 18.2 Å². The summed E-state index contributed by atoms with van der Waals surface area (Å²) in [6, 6.07) is 12.9. The number of carbonyl (C=O) groups is 2. The molecule has 2 N–H and O–H groups in total. The minimum absolute atomic E-state index is 0.0335. The lowest BCUT2D eigenvalue weighted by atomic mass is 10.1. The number of ether oxygens (including phenoxy) is 2. The van der Waals surface area contributed by atoms with Gasteiger partial charge in [0.1, 0.15) is 5.70 Å². The average molecular weight is 395 g/mol. The number of hydrogen-bond donors (Lipinski definition) is 1. The summed E-state index contributed by atoms with van der Waals surface area (Å²) in [6.45, 7) is 2.15. The van der Waals surface area contributed by atoms with Gasteiger partial charge in [0.25, 0.3) is 5.91 Å². The molecule has 2 heterocycles. The summed E-state index contributed by atoms with van der Waals surface area (Å²) in [5.74, 6) is 0.585. The Balaban J connectivity index is 1.68. The first-order valence-corrected chi connectivity index (χ1v) is 9.52. The van der Waals surface area contributed by atoms with E-state index in [0.29, 0.717) is 22.4 Å². The van der Waals surface area contributed by atoms with Crippen LogP contribution in [0.2, 0.25) is 0 Å². The van der Waals surface area contributed by atoms with Gasteiger partial charge in [-0.3, -0.25) is 14.5 Å². The van der Waals surface area contributed by atoms with E-state index in [1.165, 1.54) is 4.90 Å². The maximum Gasteiger partial charge on any atom is 0.283 e. The predicted octanol–water partition coefficient (Wildman–Crippen LogP) is 2.69. The third-order valence-electron chi connectivity index (χ3n) is 4.17. The van der Waals surface area contributed by atoms with Gasteiger partial charge >= 0.3 is 0 Å². The number of fused-ring (bicyclic) bond motifs is 1. The van der Waals surface area contributed by atoms with Crippen LogP contribution in [0, 0.1) is 6.92 Å². The highest BCUT2D eigenvalue weighted by Crippen LogP contribution is 2.34. The van der Waals surface area contributed by atoms with Crippen molar-refractivity contribution in [3.63, 3.8) is 0 Å². The number of carbonyl (C=O) groups excluding carboxylic acids is 2. The third-order valence-corrected chi connectivity index (χ3v) is 5.13. The highest BCUT2D eigenvalue weighted by molar-refractivity contribution is 8.14. The maximum atomic E-state index is 13.0. The van der Waals surface area contributed by atoms with E-state index in [9.17, 15) is 9.59 Å².